The Morgan fingerprint density at radius 2 is 2.25 bits per heavy atom. The van der Waals surface area contributed by atoms with Crippen LogP contribution in [-0.4, -0.2) is 22.1 Å². The van der Waals surface area contributed by atoms with E-state index in [2.05, 4.69) is 33.9 Å². The number of imidazole rings is 1. The molecule has 1 aromatic heterocycles. The second kappa shape index (κ2) is 5.58. The standard InChI is InChI=1S/C16H20ClN3/c1-11-3-4-13(8-15(11)17)16-9-18-10-20(16)14-5-6-19-12(2)7-14/h3-4,8-10,12,14,19H,5-7H2,1-2H3. The lowest BCUT2D eigenvalue weighted by molar-refractivity contribution is 0.315. The molecule has 4 heteroatoms. The predicted molar refractivity (Wildman–Crippen MR) is 83.1 cm³/mol. The van der Waals surface area contributed by atoms with Crippen LogP contribution in [0, 0.1) is 6.92 Å². The molecule has 0 saturated carbocycles. The Labute approximate surface area is 125 Å². The van der Waals surface area contributed by atoms with Crippen LogP contribution in [-0.2, 0) is 0 Å². The molecule has 1 aliphatic rings. The second-order valence-electron chi connectivity index (χ2n) is 5.68. The normalized spacial score (nSPS) is 22.9. The molecule has 0 spiro atoms. The zero-order valence-corrected chi connectivity index (χ0v) is 12.7. The molecule has 1 fully saturated rings. The first kappa shape index (κ1) is 13.7. The lowest BCUT2D eigenvalue weighted by Crippen LogP contribution is -2.36. The SMILES string of the molecule is Cc1ccc(-c2cncn2C2CCNC(C)C2)cc1Cl. The molecule has 1 aliphatic heterocycles. The number of hydrogen-bond acceptors (Lipinski definition) is 2. The van der Waals surface area contributed by atoms with Crippen LogP contribution in [0.3, 0.4) is 0 Å². The molecule has 1 saturated heterocycles. The van der Waals surface area contributed by atoms with Gasteiger partial charge in [0.2, 0.25) is 0 Å². The van der Waals surface area contributed by atoms with E-state index in [0.29, 0.717) is 12.1 Å². The summed E-state index contributed by atoms with van der Waals surface area (Å²) in [4.78, 5) is 4.35. The van der Waals surface area contributed by atoms with Gasteiger partial charge in [0, 0.05) is 22.7 Å². The van der Waals surface area contributed by atoms with E-state index in [1.165, 1.54) is 0 Å². The van der Waals surface area contributed by atoms with Crippen LogP contribution < -0.4 is 5.32 Å². The van der Waals surface area contributed by atoms with Gasteiger partial charge in [-0.05, 0) is 44.9 Å². The van der Waals surface area contributed by atoms with Crippen molar-refractivity contribution in [3.8, 4) is 11.3 Å². The fraction of sp³-hybridized carbons (Fsp3) is 0.438. The quantitative estimate of drug-likeness (QED) is 0.911. The van der Waals surface area contributed by atoms with Gasteiger partial charge < -0.3 is 9.88 Å². The molecule has 2 atom stereocenters. The van der Waals surface area contributed by atoms with E-state index < -0.39 is 0 Å². The summed E-state index contributed by atoms with van der Waals surface area (Å²) in [5.41, 5.74) is 3.41. The van der Waals surface area contributed by atoms with Crippen molar-refractivity contribution in [1.82, 2.24) is 14.9 Å². The number of benzene rings is 1. The largest absolute Gasteiger partial charge is 0.327 e. The Morgan fingerprint density at radius 1 is 1.40 bits per heavy atom. The molecule has 1 N–H and O–H groups in total. The number of hydrogen-bond donors (Lipinski definition) is 1. The fourth-order valence-corrected chi connectivity index (χ4v) is 3.11. The van der Waals surface area contributed by atoms with Gasteiger partial charge in [-0.1, -0.05) is 23.7 Å². The molecule has 3 nitrogen and oxygen atoms in total. The zero-order chi connectivity index (χ0) is 14.1. The van der Waals surface area contributed by atoms with Crippen molar-refractivity contribution in [2.24, 2.45) is 0 Å². The van der Waals surface area contributed by atoms with E-state index in [9.17, 15) is 0 Å². The van der Waals surface area contributed by atoms with Crippen molar-refractivity contribution in [2.45, 2.75) is 38.8 Å². The van der Waals surface area contributed by atoms with Crippen molar-refractivity contribution < 1.29 is 0 Å². The van der Waals surface area contributed by atoms with Crippen LogP contribution in [0.25, 0.3) is 11.3 Å². The number of nitrogens with zero attached hydrogens (tertiary/aromatic N) is 2. The second-order valence-corrected chi connectivity index (χ2v) is 6.09. The highest BCUT2D eigenvalue weighted by Gasteiger charge is 2.21. The smallest absolute Gasteiger partial charge is 0.0953 e. The Hall–Kier alpha value is -1.32. The minimum absolute atomic E-state index is 0.517. The van der Waals surface area contributed by atoms with Gasteiger partial charge in [0.1, 0.15) is 0 Å². The van der Waals surface area contributed by atoms with Gasteiger partial charge in [-0.3, -0.25) is 0 Å². The maximum atomic E-state index is 6.25. The molecule has 2 unspecified atom stereocenters. The number of piperidine rings is 1. The van der Waals surface area contributed by atoms with Crippen molar-refractivity contribution in [1.29, 1.82) is 0 Å². The summed E-state index contributed by atoms with van der Waals surface area (Å²) in [5, 5.41) is 4.31. The van der Waals surface area contributed by atoms with Gasteiger partial charge in [-0.2, -0.15) is 0 Å². The predicted octanol–water partition coefficient (Wildman–Crippen LogP) is 3.82. The third-order valence-corrected chi connectivity index (χ3v) is 4.53. The molecular weight excluding hydrogens is 270 g/mol. The molecular formula is C16H20ClN3. The van der Waals surface area contributed by atoms with Crippen molar-refractivity contribution in [3.05, 3.63) is 41.3 Å². The summed E-state index contributed by atoms with van der Waals surface area (Å²) < 4.78 is 2.30. The molecule has 20 heavy (non-hydrogen) atoms. The molecule has 2 aromatic rings. The average Bonchev–Trinajstić information content (AvgIpc) is 2.91. The van der Waals surface area contributed by atoms with Crippen LogP contribution in [0.4, 0.5) is 0 Å². The lowest BCUT2D eigenvalue weighted by Gasteiger charge is -2.30. The highest BCUT2D eigenvalue weighted by molar-refractivity contribution is 6.31. The van der Waals surface area contributed by atoms with Gasteiger partial charge in [-0.25, -0.2) is 4.98 Å². The summed E-state index contributed by atoms with van der Waals surface area (Å²) in [6, 6.07) is 7.31. The third-order valence-electron chi connectivity index (χ3n) is 4.12. The maximum Gasteiger partial charge on any atom is 0.0953 e. The summed E-state index contributed by atoms with van der Waals surface area (Å²) >= 11 is 6.25. The Balaban J connectivity index is 1.95. The zero-order valence-electron chi connectivity index (χ0n) is 11.9. The Bertz CT molecular complexity index is 606. The van der Waals surface area contributed by atoms with Crippen LogP contribution >= 0.6 is 11.6 Å². The van der Waals surface area contributed by atoms with Gasteiger partial charge >= 0.3 is 0 Å². The number of aromatic nitrogens is 2. The number of aryl methyl sites for hydroxylation is 1. The highest BCUT2D eigenvalue weighted by atomic mass is 35.5. The molecule has 0 amide bonds. The molecule has 0 aliphatic carbocycles. The van der Waals surface area contributed by atoms with Crippen LogP contribution in [0.2, 0.25) is 5.02 Å². The molecule has 106 valence electrons. The van der Waals surface area contributed by atoms with Crippen molar-refractivity contribution in [3.63, 3.8) is 0 Å². The first-order valence-electron chi connectivity index (χ1n) is 7.17. The molecule has 0 radical (unpaired) electrons. The number of nitrogens with one attached hydrogen (secondary N) is 1. The van der Waals surface area contributed by atoms with E-state index in [1.54, 1.807) is 0 Å². The number of rotatable bonds is 2. The topological polar surface area (TPSA) is 29.9 Å². The molecule has 1 aromatic carbocycles. The minimum Gasteiger partial charge on any atom is -0.327 e. The van der Waals surface area contributed by atoms with Crippen molar-refractivity contribution in [2.75, 3.05) is 6.54 Å². The van der Waals surface area contributed by atoms with Gasteiger partial charge in [0.05, 0.1) is 18.2 Å². The first-order chi connectivity index (χ1) is 9.65. The van der Waals surface area contributed by atoms with Gasteiger partial charge in [0.15, 0.2) is 0 Å². The monoisotopic (exact) mass is 289 g/mol. The maximum absolute atomic E-state index is 6.25. The minimum atomic E-state index is 0.517. The lowest BCUT2D eigenvalue weighted by atomic mass is 9.99. The Morgan fingerprint density at radius 3 is 3.00 bits per heavy atom. The fourth-order valence-electron chi connectivity index (χ4n) is 2.93. The van der Waals surface area contributed by atoms with Gasteiger partial charge in [0.25, 0.3) is 0 Å². The molecule has 2 heterocycles. The van der Waals surface area contributed by atoms with E-state index in [0.717, 1.165) is 41.2 Å². The molecule has 0 bridgehead atoms. The Kier molecular flexibility index (Phi) is 3.81. The summed E-state index contributed by atoms with van der Waals surface area (Å²) in [7, 11) is 0. The summed E-state index contributed by atoms with van der Waals surface area (Å²) in [5.74, 6) is 0. The summed E-state index contributed by atoms with van der Waals surface area (Å²) in [6.07, 6.45) is 6.18. The average molecular weight is 290 g/mol. The number of halogens is 1. The highest BCUT2D eigenvalue weighted by Crippen LogP contribution is 2.30. The van der Waals surface area contributed by atoms with Gasteiger partial charge in [-0.15, -0.1) is 0 Å². The first-order valence-corrected chi connectivity index (χ1v) is 7.54. The summed E-state index contributed by atoms with van der Waals surface area (Å²) in [6.45, 7) is 5.33. The van der Waals surface area contributed by atoms with E-state index in [-0.39, 0.29) is 0 Å². The van der Waals surface area contributed by atoms with E-state index in [4.69, 9.17) is 11.6 Å². The van der Waals surface area contributed by atoms with Crippen LogP contribution in [0.5, 0.6) is 0 Å². The van der Waals surface area contributed by atoms with Crippen LogP contribution in [0.15, 0.2) is 30.7 Å². The van der Waals surface area contributed by atoms with E-state index >= 15 is 0 Å². The van der Waals surface area contributed by atoms with Crippen LogP contribution in [0.1, 0.15) is 31.4 Å². The third kappa shape index (κ3) is 2.60. The molecule has 3 rings (SSSR count). The van der Waals surface area contributed by atoms with E-state index in [1.807, 2.05) is 25.5 Å². The van der Waals surface area contributed by atoms with Crippen molar-refractivity contribution >= 4 is 11.6 Å².